The molecular formula is C13H29N3O. The van der Waals surface area contributed by atoms with Gasteiger partial charge in [0.05, 0.1) is 6.04 Å². The minimum atomic E-state index is 0.0260. The predicted octanol–water partition coefficient (Wildman–Crippen LogP) is 0.875. The number of likely N-dealkylation sites (N-methyl/N-ethyl adjacent to an activating group) is 1. The van der Waals surface area contributed by atoms with Crippen LogP contribution in [0.1, 0.15) is 34.1 Å². The molecule has 0 aromatic rings. The van der Waals surface area contributed by atoms with E-state index in [4.69, 9.17) is 0 Å². The topological polar surface area (TPSA) is 44.4 Å². The molecular weight excluding hydrogens is 214 g/mol. The first-order valence-electron chi connectivity index (χ1n) is 6.97. The van der Waals surface area contributed by atoms with Gasteiger partial charge in [-0.25, -0.2) is 0 Å². The number of ketones is 1. The van der Waals surface area contributed by atoms with Gasteiger partial charge in [-0.05, 0) is 6.54 Å². The maximum Gasteiger partial charge on any atom is 0.150 e. The lowest BCUT2D eigenvalue weighted by Gasteiger charge is -2.30. The van der Waals surface area contributed by atoms with E-state index in [0.717, 1.165) is 39.3 Å². The second-order valence-corrected chi connectivity index (χ2v) is 3.98. The molecule has 1 aliphatic heterocycles. The second-order valence-electron chi connectivity index (χ2n) is 3.98. The van der Waals surface area contributed by atoms with Crippen LogP contribution in [0.15, 0.2) is 0 Å². The van der Waals surface area contributed by atoms with Crippen LogP contribution in [0.4, 0.5) is 0 Å². The summed E-state index contributed by atoms with van der Waals surface area (Å²) in [5.74, 6) is 0.329. The van der Waals surface area contributed by atoms with Crippen molar-refractivity contribution in [3.63, 3.8) is 0 Å². The van der Waals surface area contributed by atoms with Crippen LogP contribution in [-0.2, 0) is 4.79 Å². The second kappa shape index (κ2) is 10.7. The predicted molar refractivity (Wildman–Crippen MR) is 73.4 cm³/mol. The Morgan fingerprint density at radius 2 is 1.88 bits per heavy atom. The van der Waals surface area contributed by atoms with Crippen molar-refractivity contribution >= 4 is 5.78 Å². The van der Waals surface area contributed by atoms with Crippen LogP contribution in [0, 0.1) is 0 Å². The number of carbonyl (C=O) groups excluding carboxylic acids is 1. The van der Waals surface area contributed by atoms with Crippen LogP contribution >= 0.6 is 0 Å². The van der Waals surface area contributed by atoms with Gasteiger partial charge < -0.3 is 10.6 Å². The zero-order chi connectivity index (χ0) is 13.1. The highest BCUT2D eigenvalue weighted by Crippen LogP contribution is 1.98. The van der Waals surface area contributed by atoms with Gasteiger partial charge in [-0.3, -0.25) is 9.69 Å². The summed E-state index contributed by atoms with van der Waals surface area (Å²) in [5.41, 5.74) is 0. The quantitative estimate of drug-likeness (QED) is 0.727. The lowest BCUT2D eigenvalue weighted by molar-refractivity contribution is -0.121. The van der Waals surface area contributed by atoms with Crippen molar-refractivity contribution in [1.29, 1.82) is 0 Å². The Kier molecular flexibility index (Phi) is 10.4. The van der Waals surface area contributed by atoms with Gasteiger partial charge in [0.1, 0.15) is 0 Å². The highest BCUT2D eigenvalue weighted by atomic mass is 16.1. The number of Topliss-reactive ketones (excluding diaryl/α,β-unsaturated/α-hetero) is 1. The molecule has 4 heteroatoms. The summed E-state index contributed by atoms with van der Waals surface area (Å²) < 4.78 is 0. The monoisotopic (exact) mass is 243 g/mol. The van der Waals surface area contributed by atoms with Crippen molar-refractivity contribution < 1.29 is 4.79 Å². The lowest BCUT2D eigenvalue weighted by atomic mass is 10.1. The number of rotatable bonds is 6. The first kappa shape index (κ1) is 16.6. The average Bonchev–Trinajstić information content (AvgIpc) is 2.41. The van der Waals surface area contributed by atoms with Gasteiger partial charge in [0.2, 0.25) is 0 Å². The number of carbonyl (C=O) groups is 1. The van der Waals surface area contributed by atoms with E-state index in [9.17, 15) is 4.79 Å². The summed E-state index contributed by atoms with van der Waals surface area (Å²) in [4.78, 5) is 14.0. The Hall–Kier alpha value is -0.450. The van der Waals surface area contributed by atoms with Crippen LogP contribution in [0.2, 0.25) is 0 Å². The third-order valence-electron chi connectivity index (χ3n) is 2.84. The van der Waals surface area contributed by atoms with Gasteiger partial charge in [-0.15, -0.1) is 0 Å². The number of nitrogens with one attached hydrogen (secondary N) is 2. The van der Waals surface area contributed by atoms with E-state index < -0.39 is 0 Å². The Morgan fingerprint density at radius 1 is 1.29 bits per heavy atom. The molecule has 0 radical (unpaired) electrons. The van der Waals surface area contributed by atoms with E-state index >= 15 is 0 Å². The van der Waals surface area contributed by atoms with Gasteiger partial charge in [-0.2, -0.15) is 0 Å². The zero-order valence-corrected chi connectivity index (χ0v) is 11.9. The number of hydrogen-bond acceptors (Lipinski definition) is 4. The Morgan fingerprint density at radius 3 is 2.35 bits per heavy atom. The smallest absolute Gasteiger partial charge is 0.150 e. The molecule has 0 amide bonds. The minimum absolute atomic E-state index is 0.0260. The van der Waals surface area contributed by atoms with Crippen molar-refractivity contribution in [2.45, 2.75) is 40.2 Å². The number of piperazine rings is 1. The van der Waals surface area contributed by atoms with Crippen LogP contribution in [0.25, 0.3) is 0 Å². The summed E-state index contributed by atoms with van der Waals surface area (Å²) in [6.07, 6.45) is 0.629. The third-order valence-corrected chi connectivity index (χ3v) is 2.84. The first-order valence-corrected chi connectivity index (χ1v) is 6.97. The van der Waals surface area contributed by atoms with Gasteiger partial charge in [0, 0.05) is 39.1 Å². The van der Waals surface area contributed by atoms with Gasteiger partial charge in [0.25, 0.3) is 0 Å². The normalized spacial score (nSPS) is 18.1. The molecule has 0 bridgehead atoms. The molecule has 0 spiro atoms. The van der Waals surface area contributed by atoms with E-state index in [1.165, 1.54) is 0 Å². The summed E-state index contributed by atoms with van der Waals surface area (Å²) in [6, 6.07) is 0.0260. The Balaban J connectivity index is 0.00000121. The van der Waals surface area contributed by atoms with Crippen molar-refractivity contribution in [3.8, 4) is 0 Å². The van der Waals surface area contributed by atoms with Crippen LogP contribution in [-0.4, -0.2) is 56.0 Å². The fourth-order valence-corrected chi connectivity index (χ4v) is 1.92. The average molecular weight is 243 g/mol. The van der Waals surface area contributed by atoms with E-state index in [2.05, 4.69) is 15.5 Å². The molecule has 102 valence electrons. The summed E-state index contributed by atoms with van der Waals surface area (Å²) in [5, 5.41) is 6.59. The highest BCUT2D eigenvalue weighted by molar-refractivity contribution is 5.83. The molecule has 0 aliphatic carbocycles. The third kappa shape index (κ3) is 6.76. The summed E-state index contributed by atoms with van der Waals surface area (Å²) >= 11 is 0. The van der Waals surface area contributed by atoms with Crippen molar-refractivity contribution in [2.75, 3.05) is 39.3 Å². The van der Waals surface area contributed by atoms with Gasteiger partial charge >= 0.3 is 0 Å². The highest BCUT2D eigenvalue weighted by Gasteiger charge is 2.20. The van der Waals surface area contributed by atoms with Crippen LogP contribution in [0.3, 0.4) is 0 Å². The molecule has 1 rings (SSSR count). The fourth-order valence-electron chi connectivity index (χ4n) is 1.92. The molecule has 2 N–H and O–H groups in total. The molecule has 1 atom stereocenters. The summed E-state index contributed by atoms with van der Waals surface area (Å²) in [7, 11) is 0. The van der Waals surface area contributed by atoms with E-state index in [1.807, 2.05) is 27.7 Å². The molecule has 1 aliphatic rings. The molecule has 4 nitrogen and oxygen atoms in total. The maximum absolute atomic E-state index is 11.7. The minimum Gasteiger partial charge on any atom is -0.314 e. The molecule has 17 heavy (non-hydrogen) atoms. The van der Waals surface area contributed by atoms with E-state index in [-0.39, 0.29) is 6.04 Å². The SMILES string of the molecule is CC.CCNC(CN1CCNCC1)C(=O)CC. The van der Waals surface area contributed by atoms with Crippen molar-refractivity contribution in [3.05, 3.63) is 0 Å². The summed E-state index contributed by atoms with van der Waals surface area (Å²) in [6.45, 7) is 13.9. The van der Waals surface area contributed by atoms with E-state index in [1.54, 1.807) is 0 Å². The number of nitrogens with zero attached hydrogens (tertiary/aromatic N) is 1. The Labute approximate surface area is 106 Å². The molecule has 0 saturated carbocycles. The standard InChI is InChI=1S/C11H23N3O.C2H6/c1-3-11(15)10(13-4-2)9-14-7-5-12-6-8-14;1-2/h10,12-13H,3-9H2,1-2H3;1-2H3. The van der Waals surface area contributed by atoms with Gasteiger partial charge in [-0.1, -0.05) is 27.7 Å². The van der Waals surface area contributed by atoms with Crippen LogP contribution in [0.5, 0.6) is 0 Å². The molecule has 0 aromatic carbocycles. The first-order chi connectivity index (χ1) is 8.27. The number of hydrogen-bond donors (Lipinski definition) is 2. The molecule has 1 heterocycles. The van der Waals surface area contributed by atoms with Crippen molar-refractivity contribution in [2.24, 2.45) is 0 Å². The largest absolute Gasteiger partial charge is 0.314 e. The zero-order valence-electron chi connectivity index (χ0n) is 11.9. The molecule has 1 saturated heterocycles. The van der Waals surface area contributed by atoms with Crippen LogP contribution < -0.4 is 10.6 Å². The molecule has 0 aromatic heterocycles. The van der Waals surface area contributed by atoms with Gasteiger partial charge in [0.15, 0.2) is 5.78 Å². The van der Waals surface area contributed by atoms with E-state index in [0.29, 0.717) is 12.2 Å². The molecule has 1 unspecified atom stereocenters. The maximum atomic E-state index is 11.7. The Bertz CT molecular complexity index is 191. The lowest BCUT2D eigenvalue weighted by Crippen LogP contribution is -2.51. The fraction of sp³-hybridized carbons (Fsp3) is 0.923. The van der Waals surface area contributed by atoms with Crippen molar-refractivity contribution in [1.82, 2.24) is 15.5 Å². The molecule has 1 fully saturated rings.